The monoisotopic (exact) mass is 266 g/mol. The van der Waals surface area contributed by atoms with Crippen LogP contribution in [0.3, 0.4) is 0 Å². The lowest BCUT2D eigenvalue weighted by molar-refractivity contribution is 0.0276. The molecule has 0 saturated carbocycles. The molecule has 1 aromatic carbocycles. The lowest BCUT2D eigenvalue weighted by Crippen LogP contribution is -2.33. The number of hydrogen-bond acceptors (Lipinski definition) is 4. The standard InChI is InChI=1S/C15H26N2O2/c1-12(16-10-15(19-5)11-18-4)13-6-8-14(9-7-13)17(2)3/h6-9,12,15-16H,10-11H2,1-5H3. The van der Waals surface area contributed by atoms with Gasteiger partial charge in [-0.15, -0.1) is 0 Å². The second-order valence-electron chi connectivity index (χ2n) is 4.93. The van der Waals surface area contributed by atoms with Crippen LogP contribution in [0, 0.1) is 0 Å². The smallest absolute Gasteiger partial charge is 0.0928 e. The van der Waals surface area contributed by atoms with Crippen LogP contribution in [0.2, 0.25) is 0 Å². The van der Waals surface area contributed by atoms with E-state index in [-0.39, 0.29) is 6.10 Å². The average molecular weight is 266 g/mol. The molecule has 1 rings (SSSR count). The molecule has 0 aromatic heterocycles. The van der Waals surface area contributed by atoms with E-state index in [9.17, 15) is 0 Å². The molecule has 1 aromatic rings. The van der Waals surface area contributed by atoms with E-state index in [1.54, 1.807) is 14.2 Å². The van der Waals surface area contributed by atoms with Gasteiger partial charge in [0.05, 0.1) is 12.7 Å². The van der Waals surface area contributed by atoms with Crippen molar-refractivity contribution in [1.29, 1.82) is 0 Å². The van der Waals surface area contributed by atoms with Crippen molar-refractivity contribution in [2.75, 3.05) is 46.4 Å². The summed E-state index contributed by atoms with van der Waals surface area (Å²) in [6.07, 6.45) is 0.0912. The van der Waals surface area contributed by atoms with Gasteiger partial charge in [-0.2, -0.15) is 0 Å². The minimum atomic E-state index is 0.0912. The first-order valence-electron chi connectivity index (χ1n) is 6.61. The van der Waals surface area contributed by atoms with Crippen molar-refractivity contribution in [3.63, 3.8) is 0 Å². The third-order valence-corrected chi connectivity index (χ3v) is 3.25. The van der Waals surface area contributed by atoms with Crippen LogP contribution in [0.4, 0.5) is 5.69 Å². The van der Waals surface area contributed by atoms with Gasteiger partial charge in [-0.25, -0.2) is 0 Å². The van der Waals surface area contributed by atoms with E-state index in [1.807, 2.05) is 14.1 Å². The molecule has 0 amide bonds. The van der Waals surface area contributed by atoms with Crippen LogP contribution >= 0.6 is 0 Å². The molecule has 0 aliphatic rings. The quantitative estimate of drug-likeness (QED) is 0.781. The first-order valence-corrected chi connectivity index (χ1v) is 6.61. The number of nitrogens with one attached hydrogen (secondary N) is 1. The molecular formula is C15H26N2O2. The summed E-state index contributed by atoms with van der Waals surface area (Å²) in [5.41, 5.74) is 2.49. The van der Waals surface area contributed by atoms with Crippen LogP contribution < -0.4 is 10.2 Å². The number of ether oxygens (including phenoxy) is 2. The van der Waals surface area contributed by atoms with E-state index in [0.717, 1.165) is 6.54 Å². The maximum atomic E-state index is 5.33. The van der Waals surface area contributed by atoms with E-state index in [2.05, 4.69) is 41.4 Å². The van der Waals surface area contributed by atoms with E-state index in [1.165, 1.54) is 11.3 Å². The predicted molar refractivity (Wildman–Crippen MR) is 79.9 cm³/mol. The molecule has 2 unspecified atom stereocenters. The van der Waals surface area contributed by atoms with Crippen molar-refractivity contribution in [3.05, 3.63) is 29.8 Å². The summed E-state index contributed by atoms with van der Waals surface area (Å²) < 4.78 is 10.4. The number of benzene rings is 1. The maximum absolute atomic E-state index is 5.33. The topological polar surface area (TPSA) is 33.7 Å². The highest BCUT2D eigenvalue weighted by Crippen LogP contribution is 2.17. The maximum Gasteiger partial charge on any atom is 0.0928 e. The third kappa shape index (κ3) is 5.19. The van der Waals surface area contributed by atoms with E-state index < -0.39 is 0 Å². The summed E-state index contributed by atoms with van der Waals surface area (Å²) in [5.74, 6) is 0. The summed E-state index contributed by atoms with van der Waals surface area (Å²) in [4.78, 5) is 2.10. The van der Waals surface area contributed by atoms with Crippen molar-refractivity contribution in [2.45, 2.75) is 19.1 Å². The number of hydrogen-bond donors (Lipinski definition) is 1. The van der Waals surface area contributed by atoms with Crippen LogP contribution in [0.5, 0.6) is 0 Å². The predicted octanol–water partition coefficient (Wildman–Crippen LogP) is 2.06. The van der Waals surface area contributed by atoms with Gasteiger partial charge in [0.25, 0.3) is 0 Å². The minimum Gasteiger partial charge on any atom is -0.382 e. The molecule has 0 saturated heterocycles. The Morgan fingerprint density at radius 1 is 1.16 bits per heavy atom. The molecule has 108 valence electrons. The summed E-state index contributed by atoms with van der Waals surface area (Å²) in [7, 11) is 7.49. The van der Waals surface area contributed by atoms with Crippen molar-refractivity contribution in [3.8, 4) is 0 Å². The SMILES string of the molecule is COCC(CNC(C)c1ccc(N(C)C)cc1)OC. The average Bonchev–Trinajstić information content (AvgIpc) is 2.43. The largest absolute Gasteiger partial charge is 0.382 e. The van der Waals surface area contributed by atoms with E-state index >= 15 is 0 Å². The van der Waals surface area contributed by atoms with Gasteiger partial charge < -0.3 is 19.7 Å². The summed E-state index contributed by atoms with van der Waals surface area (Å²) in [6, 6.07) is 8.88. The van der Waals surface area contributed by atoms with Gasteiger partial charge in [0.1, 0.15) is 0 Å². The van der Waals surface area contributed by atoms with E-state index in [4.69, 9.17) is 9.47 Å². The fourth-order valence-electron chi connectivity index (χ4n) is 1.88. The third-order valence-electron chi connectivity index (χ3n) is 3.25. The first-order chi connectivity index (χ1) is 9.08. The second-order valence-corrected chi connectivity index (χ2v) is 4.93. The van der Waals surface area contributed by atoms with Crippen molar-refractivity contribution in [2.24, 2.45) is 0 Å². The van der Waals surface area contributed by atoms with Crippen molar-refractivity contribution < 1.29 is 9.47 Å². The lowest BCUT2D eigenvalue weighted by atomic mass is 10.1. The summed E-state index contributed by atoms with van der Waals surface area (Å²) >= 11 is 0. The minimum absolute atomic E-state index is 0.0912. The Balaban J connectivity index is 2.50. The fourth-order valence-corrected chi connectivity index (χ4v) is 1.88. The zero-order chi connectivity index (χ0) is 14.3. The molecule has 0 radical (unpaired) electrons. The van der Waals surface area contributed by atoms with Gasteiger partial charge in [0.2, 0.25) is 0 Å². The molecule has 2 atom stereocenters. The molecule has 0 aliphatic heterocycles. The van der Waals surface area contributed by atoms with Crippen molar-refractivity contribution in [1.82, 2.24) is 5.32 Å². The highest BCUT2D eigenvalue weighted by Gasteiger charge is 2.10. The number of nitrogens with zero attached hydrogens (tertiary/aromatic N) is 1. The number of rotatable bonds is 8. The van der Waals surface area contributed by atoms with Gasteiger partial charge >= 0.3 is 0 Å². The Morgan fingerprint density at radius 3 is 2.26 bits per heavy atom. The molecule has 0 aliphatic carbocycles. The van der Waals surface area contributed by atoms with Gasteiger partial charge in [-0.3, -0.25) is 0 Å². The summed E-state index contributed by atoms with van der Waals surface area (Å²) in [5, 5.41) is 3.46. The van der Waals surface area contributed by atoms with Crippen molar-refractivity contribution >= 4 is 5.69 Å². The zero-order valence-corrected chi connectivity index (χ0v) is 12.6. The van der Waals surface area contributed by atoms with E-state index in [0.29, 0.717) is 12.6 Å². The molecule has 0 bridgehead atoms. The molecule has 19 heavy (non-hydrogen) atoms. The Morgan fingerprint density at radius 2 is 1.79 bits per heavy atom. The summed E-state index contributed by atoms with van der Waals surface area (Å²) in [6.45, 7) is 3.54. The van der Waals surface area contributed by atoms with Crippen LogP contribution in [-0.2, 0) is 9.47 Å². The zero-order valence-electron chi connectivity index (χ0n) is 12.6. The molecular weight excluding hydrogens is 240 g/mol. The molecule has 1 N–H and O–H groups in total. The van der Waals surface area contributed by atoms with Crippen LogP contribution in [0.15, 0.2) is 24.3 Å². The lowest BCUT2D eigenvalue weighted by Gasteiger charge is -2.20. The molecule has 4 heteroatoms. The first kappa shape index (κ1) is 16.0. The van der Waals surface area contributed by atoms with Gasteiger partial charge in [-0.05, 0) is 24.6 Å². The normalized spacial score (nSPS) is 14.2. The van der Waals surface area contributed by atoms with Crippen LogP contribution in [-0.4, -0.2) is 47.6 Å². The van der Waals surface area contributed by atoms with Gasteiger partial charge in [0.15, 0.2) is 0 Å². The molecule has 4 nitrogen and oxygen atoms in total. The second kappa shape index (κ2) is 8.15. The molecule has 0 fully saturated rings. The fraction of sp³-hybridized carbons (Fsp3) is 0.600. The Labute approximate surface area is 116 Å². The Kier molecular flexibility index (Phi) is 6.84. The molecule has 0 heterocycles. The molecule has 0 spiro atoms. The number of anilines is 1. The van der Waals surface area contributed by atoms with Gasteiger partial charge in [-0.1, -0.05) is 12.1 Å². The number of methoxy groups -OCH3 is 2. The highest BCUT2D eigenvalue weighted by atomic mass is 16.5. The van der Waals surface area contributed by atoms with Crippen LogP contribution in [0.25, 0.3) is 0 Å². The Bertz CT molecular complexity index is 352. The van der Waals surface area contributed by atoms with Gasteiger partial charge in [0, 0.05) is 46.6 Å². The van der Waals surface area contributed by atoms with Crippen LogP contribution in [0.1, 0.15) is 18.5 Å². The highest BCUT2D eigenvalue weighted by molar-refractivity contribution is 5.46. The Hall–Kier alpha value is -1.10.